The molecule has 1 heterocycles. The van der Waals surface area contributed by atoms with Crippen LogP contribution in [0.2, 0.25) is 0 Å². The molecule has 1 unspecified atom stereocenters. The first-order chi connectivity index (χ1) is 9.13. The summed E-state index contributed by atoms with van der Waals surface area (Å²) in [6.45, 7) is 3.72. The van der Waals surface area contributed by atoms with Gasteiger partial charge in [0, 0.05) is 24.0 Å². The minimum absolute atomic E-state index is 0.271. The lowest BCUT2D eigenvalue weighted by molar-refractivity contribution is -0.128. The minimum atomic E-state index is 0.271. The molecule has 0 aromatic heterocycles. The number of methoxy groups -OCH3 is 1. The summed E-state index contributed by atoms with van der Waals surface area (Å²) in [5.41, 5.74) is 1.10. The van der Waals surface area contributed by atoms with Crippen molar-refractivity contribution in [3.63, 3.8) is 0 Å². The van der Waals surface area contributed by atoms with Crippen LogP contribution in [0.1, 0.15) is 31.7 Å². The highest BCUT2D eigenvalue weighted by atomic mass is 79.9. The van der Waals surface area contributed by atoms with Gasteiger partial charge in [0.25, 0.3) is 0 Å². The molecule has 104 valence electrons. The monoisotopic (exact) mass is 325 g/mol. The normalized spacial score (nSPS) is 19.0. The summed E-state index contributed by atoms with van der Waals surface area (Å²) in [7, 11) is 1.66. The highest BCUT2D eigenvalue weighted by molar-refractivity contribution is 9.10. The van der Waals surface area contributed by atoms with Crippen LogP contribution >= 0.6 is 15.9 Å². The van der Waals surface area contributed by atoms with Crippen molar-refractivity contribution in [1.29, 1.82) is 0 Å². The Kier molecular flexibility index (Phi) is 4.86. The van der Waals surface area contributed by atoms with Crippen molar-refractivity contribution in [1.82, 2.24) is 4.90 Å². The fourth-order valence-electron chi connectivity index (χ4n) is 2.61. The Bertz CT molecular complexity index is 461. The number of hydrogen-bond acceptors (Lipinski definition) is 2. The number of likely N-dealkylation sites (tertiary alicyclic amines) is 1. The van der Waals surface area contributed by atoms with Gasteiger partial charge in [-0.3, -0.25) is 4.79 Å². The molecular weight excluding hydrogens is 306 g/mol. The standard InChI is InChI=1S/C15H20BrNO2/c1-3-4-11-7-15(18)17(9-11)10-12-8-13(19-2)5-6-14(12)16/h5-6,8,11H,3-4,7,9-10H2,1-2H3. The van der Waals surface area contributed by atoms with Crippen LogP contribution in [0, 0.1) is 5.92 Å². The first kappa shape index (κ1) is 14.4. The number of carbonyl (C=O) groups is 1. The first-order valence-corrected chi connectivity index (χ1v) is 7.53. The second-order valence-corrected chi connectivity index (χ2v) is 5.94. The predicted molar refractivity (Wildman–Crippen MR) is 79.1 cm³/mol. The van der Waals surface area contributed by atoms with Gasteiger partial charge in [-0.1, -0.05) is 29.3 Å². The van der Waals surface area contributed by atoms with Gasteiger partial charge in [0.1, 0.15) is 5.75 Å². The van der Waals surface area contributed by atoms with Crippen molar-refractivity contribution in [2.75, 3.05) is 13.7 Å². The van der Waals surface area contributed by atoms with Gasteiger partial charge in [0.15, 0.2) is 0 Å². The number of benzene rings is 1. The second kappa shape index (κ2) is 6.42. The molecule has 0 saturated carbocycles. The largest absolute Gasteiger partial charge is 0.497 e. The van der Waals surface area contributed by atoms with E-state index in [1.54, 1.807) is 7.11 Å². The first-order valence-electron chi connectivity index (χ1n) is 6.74. The highest BCUT2D eigenvalue weighted by Crippen LogP contribution is 2.28. The Morgan fingerprint density at radius 2 is 2.26 bits per heavy atom. The zero-order chi connectivity index (χ0) is 13.8. The van der Waals surface area contributed by atoms with Crippen LogP contribution in [0.25, 0.3) is 0 Å². The zero-order valence-corrected chi connectivity index (χ0v) is 13.1. The molecule has 0 N–H and O–H groups in total. The highest BCUT2D eigenvalue weighted by Gasteiger charge is 2.29. The maximum atomic E-state index is 12.0. The van der Waals surface area contributed by atoms with Crippen molar-refractivity contribution in [2.24, 2.45) is 5.92 Å². The van der Waals surface area contributed by atoms with Crippen LogP contribution in [0.3, 0.4) is 0 Å². The van der Waals surface area contributed by atoms with E-state index in [-0.39, 0.29) is 5.91 Å². The van der Waals surface area contributed by atoms with Gasteiger partial charge in [-0.05, 0) is 36.1 Å². The fourth-order valence-corrected chi connectivity index (χ4v) is 2.99. The second-order valence-electron chi connectivity index (χ2n) is 5.09. The molecule has 4 heteroatoms. The van der Waals surface area contributed by atoms with E-state index in [2.05, 4.69) is 22.9 Å². The Balaban J connectivity index is 2.07. The number of halogens is 1. The lowest BCUT2D eigenvalue weighted by atomic mass is 10.0. The van der Waals surface area contributed by atoms with Crippen LogP contribution in [-0.2, 0) is 11.3 Å². The third-order valence-corrected chi connectivity index (χ3v) is 4.38. The third kappa shape index (κ3) is 3.50. The van der Waals surface area contributed by atoms with E-state index < -0.39 is 0 Å². The van der Waals surface area contributed by atoms with Gasteiger partial charge in [0.2, 0.25) is 5.91 Å². The number of hydrogen-bond donors (Lipinski definition) is 0. The van der Waals surface area contributed by atoms with E-state index in [1.807, 2.05) is 23.1 Å². The third-order valence-electron chi connectivity index (χ3n) is 3.61. The van der Waals surface area contributed by atoms with Crippen molar-refractivity contribution in [3.05, 3.63) is 28.2 Å². The van der Waals surface area contributed by atoms with E-state index in [4.69, 9.17) is 4.74 Å². The molecule has 0 bridgehead atoms. The van der Waals surface area contributed by atoms with E-state index in [0.29, 0.717) is 18.9 Å². The van der Waals surface area contributed by atoms with Gasteiger partial charge in [-0.15, -0.1) is 0 Å². The van der Waals surface area contributed by atoms with Gasteiger partial charge in [-0.25, -0.2) is 0 Å². The molecule has 19 heavy (non-hydrogen) atoms. The number of rotatable bonds is 5. The fraction of sp³-hybridized carbons (Fsp3) is 0.533. The van der Waals surface area contributed by atoms with Gasteiger partial charge in [-0.2, -0.15) is 0 Å². The van der Waals surface area contributed by atoms with Crippen molar-refractivity contribution in [2.45, 2.75) is 32.7 Å². The Morgan fingerprint density at radius 1 is 1.47 bits per heavy atom. The topological polar surface area (TPSA) is 29.5 Å². The van der Waals surface area contributed by atoms with Crippen LogP contribution in [0.5, 0.6) is 5.75 Å². The maximum absolute atomic E-state index is 12.0. The summed E-state index contributed by atoms with van der Waals surface area (Å²) < 4.78 is 6.26. The molecule has 1 aliphatic rings. The molecule has 2 rings (SSSR count). The van der Waals surface area contributed by atoms with E-state index in [1.165, 1.54) is 0 Å². The van der Waals surface area contributed by atoms with E-state index in [9.17, 15) is 4.79 Å². The molecule has 1 aromatic carbocycles. The van der Waals surface area contributed by atoms with Gasteiger partial charge >= 0.3 is 0 Å². The SMILES string of the molecule is CCCC1CC(=O)N(Cc2cc(OC)ccc2Br)C1. The van der Waals surface area contributed by atoms with Gasteiger partial charge in [0.05, 0.1) is 7.11 Å². The predicted octanol–water partition coefficient (Wildman–Crippen LogP) is 3.61. The molecule has 1 aliphatic heterocycles. The number of nitrogens with zero attached hydrogens (tertiary/aromatic N) is 1. The van der Waals surface area contributed by atoms with Crippen LogP contribution < -0.4 is 4.74 Å². The van der Waals surface area contributed by atoms with Crippen LogP contribution in [0.4, 0.5) is 0 Å². The average molecular weight is 326 g/mol. The lowest BCUT2D eigenvalue weighted by Crippen LogP contribution is -2.24. The minimum Gasteiger partial charge on any atom is -0.497 e. The Morgan fingerprint density at radius 3 is 2.95 bits per heavy atom. The van der Waals surface area contributed by atoms with Crippen molar-refractivity contribution in [3.8, 4) is 5.75 Å². The maximum Gasteiger partial charge on any atom is 0.223 e. The summed E-state index contributed by atoms with van der Waals surface area (Å²) in [5, 5.41) is 0. The summed E-state index contributed by atoms with van der Waals surface area (Å²) in [4.78, 5) is 14.0. The van der Waals surface area contributed by atoms with Crippen molar-refractivity contribution < 1.29 is 9.53 Å². The summed E-state index contributed by atoms with van der Waals surface area (Å²) >= 11 is 3.54. The zero-order valence-electron chi connectivity index (χ0n) is 11.5. The number of carbonyl (C=O) groups excluding carboxylic acids is 1. The van der Waals surface area contributed by atoms with Gasteiger partial charge < -0.3 is 9.64 Å². The number of ether oxygens (including phenoxy) is 1. The van der Waals surface area contributed by atoms with E-state index >= 15 is 0 Å². The molecule has 1 fully saturated rings. The quantitative estimate of drug-likeness (QED) is 0.827. The molecule has 0 radical (unpaired) electrons. The molecule has 1 atom stereocenters. The van der Waals surface area contributed by atoms with Crippen LogP contribution in [0.15, 0.2) is 22.7 Å². The molecular formula is C15H20BrNO2. The van der Waals surface area contributed by atoms with Crippen molar-refractivity contribution >= 4 is 21.8 Å². The Labute approximate surface area is 123 Å². The molecule has 1 aromatic rings. The summed E-state index contributed by atoms with van der Waals surface area (Å²) in [6.07, 6.45) is 2.99. The van der Waals surface area contributed by atoms with Crippen LogP contribution in [-0.4, -0.2) is 24.5 Å². The molecule has 3 nitrogen and oxygen atoms in total. The Hall–Kier alpha value is -1.03. The summed E-state index contributed by atoms with van der Waals surface area (Å²) in [5.74, 6) is 1.63. The lowest BCUT2D eigenvalue weighted by Gasteiger charge is -2.18. The molecule has 0 aliphatic carbocycles. The number of amides is 1. The molecule has 1 amide bonds. The smallest absolute Gasteiger partial charge is 0.223 e. The molecule has 0 spiro atoms. The van der Waals surface area contributed by atoms with E-state index in [0.717, 1.165) is 35.2 Å². The summed E-state index contributed by atoms with van der Waals surface area (Å²) in [6, 6.07) is 5.88. The average Bonchev–Trinajstić information content (AvgIpc) is 2.73. The molecule has 1 saturated heterocycles.